The second-order valence-electron chi connectivity index (χ2n) is 7.99. The fraction of sp³-hybridized carbons (Fsp3) is 0.304. The predicted molar refractivity (Wildman–Crippen MR) is 132 cm³/mol. The number of aromatic nitrogens is 2. The summed E-state index contributed by atoms with van der Waals surface area (Å²) in [6.07, 6.45) is 2.93. The zero-order valence-corrected chi connectivity index (χ0v) is 20.2. The molecule has 1 aromatic carbocycles. The van der Waals surface area contributed by atoms with Crippen LogP contribution >= 0.6 is 12.2 Å². The van der Waals surface area contributed by atoms with Crippen molar-refractivity contribution in [2.75, 3.05) is 15.9 Å². The molecule has 2 aromatic heterocycles. The summed E-state index contributed by atoms with van der Waals surface area (Å²) < 4.78 is 27.9. The molecule has 0 bridgehead atoms. The van der Waals surface area contributed by atoms with Crippen LogP contribution in [-0.2, 0) is 16.6 Å². The summed E-state index contributed by atoms with van der Waals surface area (Å²) in [5, 5.41) is 4.08. The Hall–Kier alpha value is -2.91. The summed E-state index contributed by atoms with van der Waals surface area (Å²) in [4.78, 5) is 6.70. The van der Waals surface area contributed by atoms with E-state index in [-0.39, 0.29) is 12.1 Å². The maximum Gasteiger partial charge on any atom is 0.229 e. The number of hydrogen-bond donors (Lipinski definition) is 2. The number of nitrogens with one attached hydrogen (secondary N) is 2. The van der Waals surface area contributed by atoms with Gasteiger partial charge in [-0.25, -0.2) is 8.42 Å². The minimum absolute atomic E-state index is 0.0994. The van der Waals surface area contributed by atoms with Crippen LogP contribution in [-0.4, -0.2) is 29.3 Å². The molecule has 0 spiro atoms. The first-order valence-corrected chi connectivity index (χ1v) is 12.7. The number of anilines is 2. The first-order chi connectivity index (χ1) is 15.2. The molecular formula is C23H27N5O2S2. The maximum atomic E-state index is 11.6. The average molecular weight is 470 g/mol. The quantitative estimate of drug-likeness (QED) is 0.530. The van der Waals surface area contributed by atoms with E-state index in [0.717, 1.165) is 24.2 Å². The van der Waals surface area contributed by atoms with Crippen molar-refractivity contribution in [3.8, 4) is 0 Å². The second kappa shape index (κ2) is 8.55. The Morgan fingerprint density at radius 1 is 1.16 bits per heavy atom. The molecule has 3 heterocycles. The van der Waals surface area contributed by atoms with Crippen LogP contribution in [0.1, 0.15) is 41.7 Å². The van der Waals surface area contributed by atoms with Crippen LogP contribution in [0.4, 0.5) is 11.4 Å². The number of pyridine rings is 1. The minimum Gasteiger partial charge on any atom is -0.351 e. The van der Waals surface area contributed by atoms with Crippen LogP contribution in [0.3, 0.4) is 0 Å². The molecule has 2 atom stereocenters. The van der Waals surface area contributed by atoms with E-state index in [1.807, 2.05) is 30.3 Å². The molecule has 0 saturated carbocycles. The highest BCUT2D eigenvalue weighted by Gasteiger charge is 2.42. The Kier molecular flexibility index (Phi) is 5.96. The molecule has 0 unspecified atom stereocenters. The Labute approximate surface area is 194 Å². The number of sulfonamides is 1. The minimum atomic E-state index is -3.34. The lowest BCUT2D eigenvalue weighted by Crippen LogP contribution is -2.29. The first-order valence-electron chi connectivity index (χ1n) is 10.4. The van der Waals surface area contributed by atoms with Gasteiger partial charge in [-0.2, -0.15) is 0 Å². The zero-order valence-electron chi connectivity index (χ0n) is 18.5. The summed E-state index contributed by atoms with van der Waals surface area (Å²) >= 11 is 5.78. The third-order valence-corrected chi connectivity index (χ3v) is 6.72. The fourth-order valence-electron chi connectivity index (χ4n) is 4.47. The molecule has 1 saturated heterocycles. The van der Waals surface area contributed by atoms with E-state index < -0.39 is 10.0 Å². The normalized spacial score (nSPS) is 18.6. The van der Waals surface area contributed by atoms with Crippen molar-refractivity contribution < 1.29 is 8.42 Å². The van der Waals surface area contributed by atoms with Crippen molar-refractivity contribution in [2.24, 2.45) is 0 Å². The third kappa shape index (κ3) is 4.22. The van der Waals surface area contributed by atoms with Gasteiger partial charge >= 0.3 is 0 Å². The Morgan fingerprint density at radius 3 is 2.44 bits per heavy atom. The molecule has 9 heteroatoms. The van der Waals surface area contributed by atoms with Gasteiger partial charge in [0.1, 0.15) is 0 Å². The zero-order chi connectivity index (χ0) is 23.0. The average Bonchev–Trinajstić information content (AvgIpc) is 3.23. The predicted octanol–water partition coefficient (Wildman–Crippen LogP) is 4.07. The first kappa shape index (κ1) is 22.3. The van der Waals surface area contributed by atoms with Gasteiger partial charge in [0.25, 0.3) is 0 Å². The van der Waals surface area contributed by atoms with Gasteiger partial charge in [0.15, 0.2) is 5.11 Å². The largest absolute Gasteiger partial charge is 0.351 e. The highest BCUT2D eigenvalue weighted by molar-refractivity contribution is 7.92. The van der Waals surface area contributed by atoms with Gasteiger partial charge in [-0.3, -0.25) is 9.71 Å². The van der Waals surface area contributed by atoms with Gasteiger partial charge < -0.3 is 14.8 Å². The second-order valence-corrected chi connectivity index (χ2v) is 10.1. The smallest absolute Gasteiger partial charge is 0.229 e. The molecule has 4 rings (SSSR count). The van der Waals surface area contributed by atoms with Crippen LogP contribution in [0.25, 0.3) is 0 Å². The van der Waals surface area contributed by atoms with Crippen molar-refractivity contribution in [3.05, 3.63) is 77.4 Å². The van der Waals surface area contributed by atoms with E-state index in [0.29, 0.717) is 10.8 Å². The van der Waals surface area contributed by atoms with Crippen LogP contribution in [0.15, 0.2) is 54.7 Å². The number of nitrogens with zero attached hydrogens (tertiary/aromatic N) is 3. The van der Waals surface area contributed by atoms with Gasteiger partial charge in [-0.15, -0.1) is 0 Å². The lowest BCUT2D eigenvalue weighted by Gasteiger charge is -2.28. The Morgan fingerprint density at radius 2 is 1.88 bits per heavy atom. The molecule has 1 aliphatic rings. The van der Waals surface area contributed by atoms with Crippen molar-refractivity contribution in [3.63, 3.8) is 0 Å². The molecule has 2 N–H and O–H groups in total. The summed E-state index contributed by atoms with van der Waals surface area (Å²) in [5.74, 6) is 0. The molecule has 3 aromatic rings. The van der Waals surface area contributed by atoms with E-state index in [4.69, 9.17) is 12.2 Å². The standard InChI is InChI=1S/C23H27N5O2S2/c1-5-27-15(2)14-19(16(27)3)22-21(20-8-6-7-13-24-20)25-23(31)28(22)18-11-9-17(10-12-18)26-32(4,29)30/h6-14,21-22,26H,5H2,1-4H3,(H,25,31)/t21-,22+/m0/s1. The van der Waals surface area contributed by atoms with Crippen LogP contribution in [0.2, 0.25) is 0 Å². The van der Waals surface area contributed by atoms with Gasteiger partial charge in [0.05, 0.1) is 24.0 Å². The van der Waals surface area contributed by atoms with Gasteiger partial charge in [-0.1, -0.05) is 6.07 Å². The van der Waals surface area contributed by atoms with Gasteiger partial charge in [-0.05, 0) is 81.0 Å². The topological polar surface area (TPSA) is 79.3 Å². The van der Waals surface area contributed by atoms with E-state index in [1.54, 1.807) is 18.3 Å². The number of hydrogen-bond acceptors (Lipinski definition) is 4. The van der Waals surface area contributed by atoms with Crippen LogP contribution in [0, 0.1) is 13.8 Å². The van der Waals surface area contributed by atoms with Crippen LogP contribution in [0.5, 0.6) is 0 Å². The lowest BCUT2D eigenvalue weighted by molar-refractivity contribution is 0.563. The molecular weight excluding hydrogens is 442 g/mol. The molecule has 168 valence electrons. The van der Waals surface area contributed by atoms with Crippen LogP contribution < -0.4 is 14.9 Å². The lowest BCUT2D eigenvalue weighted by atomic mass is 9.96. The van der Waals surface area contributed by atoms with E-state index in [2.05, 4.69) is 51.3 Å². The summed E-state index contributed by atoms with van der Waals surface area (Å²) in [6.45, 7) is 7.29. The molecule has 1 fully saturated rings. The van der Waals surface area contributed by atoms with E-state index in [9.17, 15) is 8.42 Å². The summed E-state index contributed by atoms with van der Waals surface area (Å²) in [7, 11) is -3.34. The van der Waals surface area contributed by atoms with Crippen molar-refractivity contribution in [1.82, 2.24) is 14.9 Å². The van der Waals surface area contributed by atoms with Gasteiger partial charge in [0, 0.05) is 35.5 Å². The number of aryl methyl sites for hydroxylation is 1. The number of rotatable bonds is 6. The summed E-state index contributed by atoms with van der Waals surface area (Å²) in [6, 6.07) is 15.2. The van der Waals surface area contributed by atoms with E-state index >= 15 is 0 Å². The van der Waals surface area contributed by atoms with Crippen molar-refractivity contribution in [1.29, 1.82) is 0 Å². The maximum absolute atomic E-state index is 11.6. The molecule has 32 heavy (non-hydrogen) atoms. The highest BCUT2D eigenvalue weighted by atomic mass is 32.2. The molecule has 0 radical (unpaired) electrons. The third-order valence-electron chi connectivity index (χ3n) is 5.79. The molecule has 7 nitrogen and oxygen atoms in total. The summed E-state index contributed by atoms with van der Waals surface area (Å²) in [5.41, 5.74) is 5.89. The monoisotopic (exact) mass is 469 g/mol. The number of benzene rings is 1. The Balaban J connectivity index is 1.80. The van der Waals surface area contributed by atoms with Crippen molar-refractivity contribution in [2.45, 2.75) is 39.4 Å². The molecule has 0 amide bonds. The SMILES string of the molecule is CCn1c(C)cc([C@@H]2[C@H](c3ccccn3)NC(=S)N2c2ccc(NS(C)(=O)=O)cc2)c1C. The molecule has 0 aliphatic carbocycles. The fourth-order valence-corrected chi connectivity index (χ4v) is 5.38. The van der Waals surface area contributed by atoms with Crippen molar-refractivity contribution >= 4 is 38.7 Å². The van der Waals surface area contributed by atoms with E-state index in [1.165, 1.54) is 17.0 Å². The number of thiocarbonyl (C=S) groups is 1. The highest BCUT2D eigenvalue weighted by Crippen LogP contribution is 2.43. The van der Waals surface area contributed by atoms with Gasteiger partial charge in [0.2, 0.25) is 10.0 Å². The Bertz CT molecular complexity index is 1240. The molecule has 1 aliphatic heterocycles.